The fourth-order valence-electron chi connectivity index (χ4n) is 2.34. The highest BCUT2D eigenvalue weighted by Crippen LogP contribution is 2.22. The van der Waals surface area contributed by atoms with Gasteiger partial charge in [-0.05, 0) is 37.5 Å². The summed E-state index contributed by atoms with van der Waals surface area (Å²) < 4.78 is 13.1. The van der Waals surface area contributed by atoms with Crippen molar-refractivity contribution in [2.45, 2.75) is 25.3 Å². The Hall–Kier alpha value is -1.82. The molecule has 1 saturated heterocycles. The third-order valence-corrected chi connectivity index (χ3v) is 3.68. The Kier molecular flexibility index (Phi) is 4.44. The molecule has 2 rings (SSSR count). The Bertz CT molecular complexity index is 550. The molecule has 108 valence electrons. The molecule has 0 radical (unpaired) electrons. The van der Waals surface area contributed by atoms with Crippen LogP contribution in [0.4, 0.5) is 4.39 Å². The lowest BCUT2D eigenvalue weighted by atomic mass is 10.00. The summed E-state index contributed by atoms with van der Waals surface area (Å²) in [6.07, 6.45) is 2.38. The van der Waals surface area contributed by atoms with Crippen molar-refractivity contribution in [2.75, 3.05) is 6.54 Å². The maximum absolute atomic E-state index is 13.1. The Morgan fingerprint density at radius 2 is 2.25 bits per heavy atom. The Labute approximate surface area is 120 Å². The molecule has 0 aliphatic carbocycles. The highest BCUT2D eigenvalue weighted by atomic mass is 35.5. The number of oxime groups is 1. The summed E-state index contributed by atoms with van der Waals surface area (Å²) >= 11 is 5.69. The van der Waals surface area contributed by atoms with Crippen LogP contribution in [0.2, 0.25) is 5.02 Å². The molecule has 1 aliphatic rings. The first-order chi connectivity index (χ1) is 9.54. The Morgan fingerprint density at radius 1 is 1.50 bits per heavy atom. The van der Waals surface area contributed by atoms with Crippen LogP contribution in [0.25, 0.3) is 0 Å². The Balaban J connectivity index is 2.27. The van der Waals surface area contributed by atoms with Crippen LogP contribution >= 0.6 is 11.6 Å². The lowest BCUT2D eigenvalue weighted by molar-refractivity contribution is 0.0676. The molecular formula is C13H15ClFN3O2. The number of amidine groups is 1. The van der Waals surface area contributed by atoms with Gasteiger partial charge in [-0.25, -0.2) is 4.39 Å². The smallest absolute Gasteiger partial charge is 0.254 e. The van der Waals surface area contributed by atoms with Gasteiger partial charge in [-0.2, -0.15) is 0 Å². The molecule has 1 unspecified atom stereocenters. The van der Waals surface area contributed by atoms with Crippen molar-refractivity contribution in [1.29, 1.82) is 0 Å². The quantitative estimate of drug-likeness (QED) is 0.380. The average Bonchev–Trinajstić information content (AvgIpc) is 2.48. The number of halogens is 2. The van der Waals surface area contributed by atoms with Crippen LogP contribution in [-0.4, -0.2) is 34.4 Å². The van der Waals surface area contributed by atoms with E-state index in [1.807, 2.05) is 0 Å². The van der Waals surface area contributed by atoms with Gasteiger partial charge in [-0.15, -0.1) is 0 Å². The summed E-state index contributed by atoms with van der Waals surface area (Å²) in [6, 6.07) is 3.38. The minimum atomic E-state index is -0.574. The van der Waals surface area contributed by atoms with Crippen LogP contribution in [0.5, 0.6) is 0 Å². The average molecular weight is 300 g/mol. The van der Waals surface area contributed by atoms with E-state index in [0.717, 1.165) is 18.9 Å². The van der Waals surface area contributed by atoms with Gasteiger partial charge in [0.2, 0.25) is 0 Å². The largest absolute Gasteiger partial charge is 0.409 e. The van der Waals surface area contributed by atoms with E-state index in [-0.39, 0.29) is 22.3 Å². The summed E-state index contributed by atoms with van der Waals surface area (Å²) in [4.78, 5) is 14.0. The monoisotopic (exact) mass is 299 g/mol. The summed E-state index contributed by atoms with van der Waals surface area (Å²) in [7, 11) is 0. The molecule has 1 amide bonds. The minimum absolute atomic E-state index is 0.00580. The minimum Gasteiger partial charge on any atom is -0.409 e. The molecule has 0 spiro atoms. The Morgan fingerprint density at radius 3 is 2.90 bits per heavy atom. The fourth-order valence-corrected chi connectivity index (χ4v) is 2.52. The number of carbonyl (C=O) groups is 1. The van der Waals surface area contributed by atoms with Crippen LogP contribution in [-0.2, 0) is 0 Å². The lowest BCUT2D eigenvalue weighted by Gasteiger charge is -2.34. The van der Waals surface area contributed by atoms with Crippen molar-refractivity contribution < 1.29 is 14.4 Å². The topological polar surface area (TPSA) is 78.9 Å². The van der Waals surface area contributed by atoms with E-state index < -0.39 is 11.9 Å². The third-order valence-electron chi connectivity index (χ3n) is 3.39. The van der Waals surface area contributed by atoms with E-state index in [2.05, 4.69) is 5.16 Å². The van der Waals surface area contributed by atoms with Gasteiger partial charge in [0.1, 0.15) is 5.82 Å². The third kappa shape index (κ3) is 2.85. The first-order valence-corrected chi connectivity index (χ1v) is 6.66. The van der Waals surface area contributed by atoms with Crippen molar-refractivity contribution in [3.63, 3.8) is 0 Å². The van der Waals surface area contributed by atoms with Gasteiger partial charge in [-0.3, -0.25) is 4.79 Å². The molecule has 7 heteroatoms. The van der Waals surface area contributed by atoms with Gasteiger partial charge in [0, 0.05) is 12.1 Å². The molecule has 1 heterocycles. The second kappa shape index (κ2) is 6.09. The number of hydrogen-bond acceptors (Lipinski definition) is 3. The maximum atomic E-state index is 13.1. The summed E-state index contributed by atoms with van der Waals surface area (Å²) in [6.45, 7) is 0.509. The van der Waals surface area contributed by atoms with E-state index in [1.54, 1.807) is 0 Å². The van der Waals surface area contributed by atoms with Gasteiger partial charge in [0.05, 0.1) is 11.1 Å². The summed E-state index contributed by atoms with van der Waals surface area (Å²) in [5.74, 6) is -0.871. The van der Waals surface area contributed by atoms with Crippen molar-refractivity contribution in [3.8, 4) is 0 Å². The molecule has 1 aromatic carbocycles. The van der Waals surface area contributed by atoms with E-state index in [1.165, 1.54) is 17.0 Å². The normalized spacial score (nSPS) is 20.0. The highest BCUT2D eigenvalue weighted by molar-refractivity contribution is 6.31. The number of piperidine rings is 1. The maximum Gasteiger partial charge on any atom is 0.254 e. The number of rotatable bonds is 2. The van der Waals surface area contributed by atoms with Gasteiger partial charge >= 0.3 is 0 Å². The standard InChI is InChI=1S/C13H15ClFN3O2/c14-9-7-8(4-5-10(9)15)13(19)18-6-2-1-3-11(18)12(16)17-20/h4-5,7,11,20H,1-3,6H2,(H2,16,17). The van der Waals surface area contributed by atoms with Crippen molar-refractivity contribution in [3.05, 3.63) is 34.6 Å². The molecule has 1 fully saturated rings. The molecule has 5 nitrogen and oxygen atoms in total. The number of amides is 1. The summed E-state index contributed by atoms with van der Waals surface area (Å²) in [5, 5.41) is 11.7. The summed E-state index contributed by atoms with van der Waals surface area (Å²) in [5.41, 5.74) is 5.91. The predicted molar refractivity (Wildman–Crippen MR) is 73.5 cm³/mol. The molecular weight excluding hydrogens is 285 g/mol. The number of benzene rings is 1. The fraction of sp³-hybridized carbons (Fsp3) is 0.385. The van der Waals surface area contributed by atoms with E-state index in [0.29, 0.717) is 13.0 Å². The van der Waals surface area contributed by atoms with Crippen LogP contribution < -0.4 is 5.73 Å². The van der Waals surface area contributed by atoms with Crippen molar-refractivity contribution in [2.24, 2.45) is 10.9 Å². The van der Waals surface area contributed by atoms with Crippen LogP contribution in [0, 0.1) is 5.82 Å². The molecule has 1 atom stereocenters. The SMILES string of the molecule is N/C(=N/O)C1CCCCN1C(=O)c1ccc(F)c(Cl)c1. The first kappa shape index (κ1) is 14.6. The number of nitrogens with zero attached hydrogens (tertiary/aromatic N) is 2. The zero-order valence-electron chi connectivity index (χ0n) is 10.7. The number of likely N-dealkylation sites (tertiary alicyclic amines) is 1. The molecule has 1 aromatic rings. The number of nitrogens with two attached hydrogens (primary N) is 1. The predicted octanol–water partition coefficient (Wildman–Crippen LogP) is 2.22. The number of hydrogen-bond donors (Lipinski definition) is 2. The van der Waals surface area contributed by atoms with E-state index >= 15 is 0 Å². The second-order valence-electron chi connectivity index (χ2n) is 4.66. The molecule has 0 bridgehead atoms. The van der Waals surface area contributed by atoms with Crippen LogP contribution in [0.1, 0.15) is 29.6 Å². The van der Waals surface area contributed by atoms with E-state index in [4.69, 9.17) is 22.5 Å². The van der Waals surface area contributed by atoms with Crippen LogP contribution in [0.3, 0.4) is 0 Å². The van der Waals surface area contributed by atoms with Gasteiger partial charge in [0.15, 0.2) is 5.84 Å². The highest BCUT2D eigenvalue weighted by Gasteiger charge is 2.30. The second-order valence-corrected chi connectivity index (χ2v) is 5.07. The molecule has 3 N–H and O–H groups in total. The number of carbonyl (C=O) groups excluding carboxylic acids is 1. The molecule has 20 heavy (non-hydrogen) atoms. The molecule has 0 saturated carbocycles. The zero-order valence-corrected chi connectivity index (χ0v) is 11.5. The van der Waals surface area contributed by atoms with E-state index in [9.17, 15) is 9.18 Å². The molecule has 1 aliphatic heterocycles. The van der Waals surface area contributed by atoms with Crippen molar-refractivity contribution in [1.82, 2.24) is 4.90 Å². The van der Waals surface area contributed by atoms with Gasteiger partial charge < -0.3 is 15.8 Å². The first-order valence-electron chi connectivity index (χ1n) is 6.28. The van der Waals surface area contributed by atoms with Gasteiger partial charge in [0.25, 0.3) is 5.91 Å². The van der Waals surface area contributed by atoms with Crippen LogP contribution in [0.15, 0.2) is 23.4 Å². The zero-order chi connectivity index (χ0) is 14.7. The van der Waals surface area contributed by atoms with Gasteiger partial charge in [-0.1, -0.05) is 16.8 Å². The lowest BCUT2D eigenvalue weighted by Crippen LogP contribution is -2.50. The van der Waals surface area contributed by atoms with Crippen molar-refractivity contribution >= 4 is 23.3 Å². The molecule has 0 aromatic heterocycles.